The molecule has 2 aromatic rings. The molecule has 0 radical (unpaired) electrons. The van der Waals surface area contributed by atoms with Gasteiger partial charge in [0, 0.05) is 22.0 Å². The highest BCUT2D eigenvalue weighted by molar-refractivity contribution is 6.30. The number of nitrogens with zero attached hydrogens (tertiary/aromatic N) is 1. The van der Waals surface area contributed by atoms with Gasteiger partial charge >= 0.3 is 5.97 Å². The highest BCUT2D eigenvalue weighted by atomic mass is 35.5. The van der Waals surface area contributed by atoms with Crippen LogP contribution in [0.2, 0.25) is 10.0 Å². The molecular formula is C25H27Cl2NO4. The molecule has 32 heavy (non-hydrogen) atoms. The molecule has 4 rings (SSSR count). The third-order valence-electron chi connectivity index (χ3n) is 6.90. The first kappa shape index (κ1) is 23.1. The maximum atomic E-state index is 13.9. The molecule has 0 aromatic heterocycles. The highest BCUT2D eigenvalue weighted by Crippen LogP contribution is 2.53. The van der Waals surface area contributed by atoms with Crippen LogP contribution >= 0.6 is 23.2 Å². The quantitative estimate of drug-likeness (QED) is 0.602. The maximum Gasteiger partial charge on any atom is 0.304 e. The lowest BCUT2D eigenvalue weighted by Crippen LogP contribution is -2.55. The summed E-state index contributed by atoms with van der Waals surface area (Å²) in [5.74, 6) is -1.33. The zero-order chi connectivity index (χ0) is 23.0. The first-order valence-corrected chi connectivity index (χ1v) is 11.7. The van der Waals surface area contributed by atoms with Crippen molar-refractivity contribution in [1.29, 1.82) is 0 Å². The maximum absolute atomic E-state index is 13.9. The Morgan fingerprint density at radius 2 is 1.81 bits per heavy atom. The van der Waals surface area contributed by atoms with Gasteiger partial charge in [-0.15, -0.1) is 0 Å². The molecule has 5 atom stereocenters. The number of aliphatic hydroxyl groups is 1. The van der Waals surface area contributed by atoms with Crippen molar-refractivity contribution >= 4 is 35.1 Å². The van der Waals surface area contributed by atoms with Crippen molar-refractivity contribution in [2.45, 2.75) is 63.1 Å². The van der Waals surface area contributed by atoms with E-state index in [-0.39, 0.29) is 30.3 Å². The Labute approximate surface area is 197 Å². The number of rotatable bonds is 5. The van der Waals surface area contributed by atoms with Crippen LogP contribution in [0.5, 0.6) is 0 Å². The van der Waals surface area contributed by atoms with Crippen LogP contribution in [-0.2, 0) is 9.59 Å². The number of likely N-dealkylation sites (tertiary alicyclic amines) is 1. The van der Waals surface area contributed by atoms with Gasteiger partial charge in [-0.05, 0) is 61.1 Å². The van der Waals surface area contributed by atoms with Gasteiger partial charge in [-0.25, -0.2) is 0 Å². The van der Waals surface area contributed by atoms with Crippen molar-refractivity contribution in [2.24, 2.45) is 5.41 Å². The fourth-order valence-corrected chi connectivity index (χ4v) is 5.79. The Kier molecular flexibility index (Phi) is 6.53. The molecular weight excluding hydrogens is 449 g/mol. The number of carboxylic acids is 1. The second-order valence-corrected chi connectivity index (χ2v) is 10.2. The summed E-state index contributed by atoms with van der Waals surface area (Å²) in [6.45, 7) is 1.75. The Bertz CT molecular complexity index is 1010. The highest BCUT2D eigenvalue weighted by Gasteiger charge is 2.53. The number of aliphatic carboxylic acids is 1. The van der Waals surface area contributed by atoms with Crippen LogP contribution in [0.1, 0.15) is 62.1 Å². The van der Waals surface area contributed by atoms with Gasteiger partial charge in [0.15, 0.2) is 0 Å². The Morgan fingerprint density at radius 3 is 2.41 bits per heavy atom. The molecule has 1 aliphatic heterocycles. The second-order valence-electron chi connectivity index (χ2n) is 9.33. The summed E-state index contributed by atoms with van der Waals surface area (Å²) in [5.41, 5.74) is 0.839. The third kappa shape index (κ3) is 4.52. The van der Waals surface area contributed by atoms with Gasteiger partial charge in [-0.2, -0.15) is 0 Å². The average Bonchev–Trinajstić information content (AvgIpc) is 3.16. The zero-order valence-electron chi connectivity index (χ0n) is 17.9. The lowest BCUT2D eigenvalue weighted by Gasteiger charge is -2.51. The van der Waals surface area contributed by atoms with Crippen molar-refractivity contribution in [2.75, 3.05) is 0 Å². The van der Waals surface area contributed by atoms with Crippen LogP contribution in [0.15, 0.2) is 48.5 Å². The van der Waals surface area contributed by atoms with Crippen molar-refractivity contribution in [3.05, 3.63) is 69.7 Å². The molecule has 7 heteroatoms. The molecule has 1 saturated carbocycles. The lowest BCUT2D eigenvalue weighted by molar-refractivity contribution is -0.160. The first-order valence-electron chi connectivity index (χ1n) is 10.9. The van der Waals surface area contributed by atoms with E-state index < -0.39 is 17.5 Å². The summed E-state index contributed by atoms with van der Waals surface area (Å²) in [6, 6.07) is 14.6. The number of aliphatic hydroxyl groups excluding tert-OH is 1. The van der Waals surface area contributed by atoms with Gasteiger partial charge in [-0.1, -0.05) is 54.4 Å². The van der Waals surface area contributed by atoms with Crippen LogP contribution in [0.3, 0.4) is 0 Å². The number of piperidine rings is 1. The smallest absolute Gasteiger partial charge is 0.304 e. The number of hydrogen-bond acceptors (Lipinski definition) is 3. The minimum atomic E-state index is -1.06. The Morgan fingerprint density at radius 1 is 1.09 bits per heavy atom. The van der Waals surface area contributed by atoms with Crippen LogP contribution < -0.4 is 0 Å². The Hall–Kier alpha value is -2.08. The molecule has 1 amide bonds. The molecule has 170 valence electrons. The average molecular weight is 476 g/mol. The summed E-state index contributed by atoms with van der Waals surface area (Å²) in [7, 11) is 0. The van der Waals surface area contributed by atoms with E-state index in [1.165, 1.54) is 0 Å². The predicted molar refractivity (Wildman–Crippen MR) is 124 cm³/mol. The normalized spacial score (nSPS) is 30.5. The van der Waals surface area contributed by atoms with E-state index in [0.717, 1.165) is 11.1 Å². The Balaban J connectivity index is 1.88. The molecule has 2 unspecified atom stereocenters. The fraction of sp³-hybridized carbons (Fsp3) is 0.440. The van der Waals surface area contributed by atoms with Crippen LogP contribution in [-0.4, -0.2) is 39.1 Å². The van der Waals surface area contributed by atoms with Crippen molar-refractivity contribution in [1.82, 2.24) is 4.90 Å². The van der Waals surface area contributed by atoms with Crippen LogP contribution in [0, 0.1) is 5.41 Å². The van der Waals surface area contributed by atoms with Gasteiger partial charge in [-0.3, -0.25) is 9.59 Å². The van der Waals surface area contributed by atoms with E-state index in [1.807, 2.05) is 47.4 Å². The van der Waals surface area contributed by atoms with Gasteiger partial charge in [0.05, 0.1) is 24.0 Å². The van der Waals surface area contributed by atoms with Gasteiger partial charge in [0.1, 0.15) is 0 Å². The minimum Gasteiger partial charge on any atom is -0.481 e. The molecule has 1 saturated heterocycles. The monoisotopic (exact) mass is 475 g/mol. The lowest BCUT2D eigenvalue weighted by atomic mass is 9.67. The van der Waals surface area contributed by atoms with Gasteiger partial charge in [0.25, 0.3) is 0 Å². The number of benzene rings is 2. The first-order chi connectivity index (χ1) is 15.2. The van der Waals surface area contributed by atoms with Crippen LogP contribution in [0.25, 0.3) is 0 Å². The number of carboxylic acid groups (broad SMARTS) is 1. The molecule has 2 aliphatic rings. The van der Waals surface area contributed by atoms with E-state index in [1.54, 1.807) is 13.0 Å². The number of carbonyl (C=O) groups is 2. The van der Waals surface area contributed by atoms with Crippen molar-refractivity contribution < 1.29 is 19.8 Å². The molecule has 5 nitrogen and oxygen atoms in total. The zero-order valence-corrected chi connectivity index (χ0v) is 19.4. The molecule has 2 fully saturated rings. The predicted octanol–water partition coefficient (Wildman–Crippen LogP) is 5.45. The third-order valence-corrected chi connectivity index (χ3v) is 7.39. The molecule has 2 N–H and O–H groups in total. The van der Waals surface area contributed by atoms with E-state index in [2.05, 4.69) is 0 Å². The SMILES string of the molecule is C[C@]1(CC(=O)O)C[C@H](c2cccc(Cl)c2)C(c2ccc(Cl)cc2)N(C2CC[C@@H](O)C2)C1=O. The standard InChI is InChI=1S/C25H27Cl2NO4/c1-25(14-22(30)31)13-21(16-3-2-4-18(27)11-16)23(15-5-7-17(26)8-6-15)28(24(25)32)19-9-10-20(29)12-19/h2-8,11,19-21,23,29H,9-10,12-14H2,1H3,(H,30,31)/t19?,20-,21-,23?,25-/m1/s1. The van der Waals surface area contributed by atoms with E-state index in [9.17, 15) is 19.8 Å². The number of carbonyl (C=O) groups excluding carboxylic acids is 1. The number of hydrogen-bond donors (Lipinski definition) is 2. The largest absolute Gasteiger partial charge is 0.481 e. The summed E-state index contributed by atoms with van der Waals surface area (Å²) in [4.78, 5) is 27.5. The number of halogens is 2. The van der Waals surface area contributed by atoms with Gasteiger partial charge < -0.3 is 15.1 Å². The molecule has 2 aromatic carbocycles. The minimum absolute atomic E-state index is 0.158. The van der Waals surface area contributed by atoms with Crippen molar-refractivity contribution in [3.8, 4) is 0 Å². The number of amides is 1. The van der Waals surface area contributed by atoms with Gasteiger partial charge in [0.2, 0.25) is 5.91 Å². The topological polar surface area (TPSA) is 77.8 Å². The molecule has 0 spiro atoms. The van der Waals surface area contributed by atoms with E-state index >= 15 is 0 Å². The molecule has 1 heterocycles. The van der Waals surface area contributed by atoms with Crippen LogP contribution in [0.4, 0.5) is 0 Å². The molecule has 0 bridgehead atoms. The molecule has 1 aliphatic carbocycles. The summed E-state index contributed by atoms with van der Waals surface area (Å²) < 4.78 is 0. The van der Waals surface area contributed by atoms with Crippen molar-refractivity contribution in [3.63, 3.8) is 0 Å². The summed E-state index contributed by atoms with van der Waals surface area (Å²) >= 11 is 12.5. The van der Waals surface area contributed by atoms with E-state index in [0.29, 0.717) is 35.7 Å². The summed E-state index contributed by atoms with van der Waals surface area (Å²) in [5, 5.41) is 21.0. The fourth-order valence-electron chi connectivity index (χ4n) is 5.47. The summed E-state index contributed by atoms with van der Waals surface area (Å²) in [6.07, 6.45) is 1.47. The van der Waals surface area contributed by atoms with E-state index in [4.69, 9.17) is 23.2 Å². The second kappa shape index (κ2) is 9.05.